The molecule has 0 unspecified atom stereocenters. The molecule has 1 aliphatic rings. The quantitative estimate of drug-likeness (QED) is 0.749. The van der Waals surface area contributed by atoms with Crippen molar-refractivity contribution < 1.29 is 9.59 Å². The maximum Gasteiger partial charge on any atom is 0.251 e. The minimum absolute atomic E-state index is 0.0945. The highest BCUT2D eigenvalue weighted by Gasteiger charge is 2.23. The van der Waals surface area contributed by atoms with Crippen molar-refractivity contribution in [2.45, 2.75) is 25.3 Å². The van der Waals surface area contributed by atoms with Gasteiger partial charge in [0.25, 0.3) is 5.91 Å². The fraction of sp³-hybridized carbons (Fsp3) is 0.235. The third kappa shape index (κ3) is 3.30. The van der Waals surface area contributed by atoms with Crippen LogP contribution in [0.15, 0.2) is 42.0 Å². The Labute approximate surface area is 142 Å². The van der Waals surface area contributed by atoms with Gasteiger partial charge in [-0.05, 0) is 31.0 Å². The molecule has 0 spiro atoms. The van der Waals surface area contributed by atoms with Crippen molar-refractivity contribution in [2.24, 2.45) is 0 Å². The molecule has 2 N–H and O–H groups in total. The number of thiazole rings is 1. The zero-order chi connectivity index (χ0) is 16.5. The minimum Gasteiger partial charge on any atom is -0.349 e. The largest absolute Gasteiger partial charge is 0.349 e. The summed E-state index contributed by atoms with van der Waals surface area (Å²) < 4.78 is 1.90. The van der Waals surface area contributed by atoms with E-state index in [2.05, 4.69) is 15.6 Å². The molecule has 1 fully saturated rings. The molecule has 7 heteroatoms. The van der Waals surface area contributed by atoms with Gasteiger partial charge in [0, 0.05) is 35.1 Å². The number of carbonyl (C=O) groups is 2. The number of benzene rings is 1. The van der Waals surface area contributed by atoms with E-state index < -0.39 is 0 Å². The number of carbonyl (C=O) groups excluding carboxylic acids is 2. The number of fused-ring (bicyclic) bond motifs is 1. The van der Waals surface area contributed by atoms with Crippen LogP contribution in [0.3, 0.4) is 0 Å². The molecule has 0 saturated heterocycles. The molecule has 2 aromatic heterocycles. The summed E-state index contributed by atoms with van der Waals surface area (Å²) in [6.07, 6.45) is 6.06. The monoisotopic (exact) mass is 340 g/mol. The zero-order valence-corrected chi connectivity index (χ0v) is 13.7. The van der Waals surface area contributed by atoms with Crippen molar-refractivity contribution in [3.63, 3.8) is 0 Å². The van der Waals surface area contributed by atoms with Crippen molar-refractivity contribution in [2.75, 3.05) is 5.32 Å². The van der Waals surface area contributed by atoms with Crippen LogP contribution >= 0.6 is 11.3 Å². The van der Waals surface area contributed by atoms with Crippen LogP contribution < -0.4 is 10.6 Å². The van der Waals surface area contributed by atoms with E-state index in [0.717, 1.165) is 23.5 Å². The van der Waals surface area contributed by atoms with E-state index in [1.54, 1.807) is 24.3 Å². The highest BCUT2D eigenvalue weighted by molar-refractivity contribution is 7.15. The van der Waals surface area contributed by atoms with Gasteiger partial charge in [0.05, 0.1) is 12.1 Å². The maximum atomic E-state index is 12.2. The Balaban J connectivity index is 1.41. The second-order valence-electron chi connectivity index (χ2n) is 5.88. The molecule has 24 heavy (non-hydrogen) atoms. The van der Waals surface area contributed by atoms with E-state index in [1.165, 1.54) is 11.3 Å². The van der Waals surface area contributed by atoms with Gasteiger partial charge in [0.15, 0.2) is 4.96 Å². The molecular weight excluding hydrogens is 324 g/mol. The smallest absolute Gasteiger partial charge is 0.251 e. The highest BCUT2D eigenvalue weighted by atomic mass is 32.1. The van der Waals surface area contributed by atoms with Gasteiger partial charge in [-0.25, -0.2) is 4.98 Å². The molecule has 3 aromatic rings. The first-order valence-corrected chi connectivity index (χ1v) is 8.67. The summed E-state index contributed by atoms with van der Waals surface area (Å²) in [7, 11) is 0. The van der Waals surface area contributed by atoms with Gasteiger partial charge in [0.1, 0.15) is 0 Å². The fourth-order valence-electron chi connectivity index (χ4n) is 2.47. The van der Waals surface area contributed by atoms with E-state index in [9.17, 15) is 9.59 Å². The van der Waals surface area contributed by atoms with Gasteiger partial charge in [0.2, 0.25) is 5.91 Å². The summed E-state index contributed by atoms with van der Waals surface area (Å²) >= 11 is 1.53. The van der Waals surface area contributed by atoms with Gasteiger partial charge in [-0.2, -0.15) is 0 Å². The topological polar surface area (TPSA) is 75.5 Å². The van der Waals surface area contributed by atoms with E-state index in [0.29, 0.717) is 17.3 Å². The Morgan fingerprint density at radius 2 is 2.21 bits per heavy atom. The molecule has 0 atom stereocenters. The molecule has 4 rings (SSSR count). The minimum atomic E-state index is -0.152. The van der Waals surface area contributed by atoms with Crippen LogP contribution in [-0.4, -0.2) is 27.2 Å². The average Bonchev–Trinajstić information content (AvgIpc) is 3.12. The Morgan fingerprint density at radius 3 is 3.00 bits per heavy atom. The molecule has 0 bridgehead atoms. The molecule has 122 valence electrons. The van der Waals surface area contributed by atoms with Crippen molar-refractivity contribution in [1.82, 2.24) is 14.7 Å². The lowest BCUT2D eigenvalue weighted by atomic mass is 10.2. The summed E-state index contributed by atoms with van der Waals surface area (Å²) in [5.74, 6) is -0.247. The SMILES string of the molecule is O=C(Cc1cn2ccsc2n1)Nc1cccc(C(=O)NC2CC2)c1. The van der Waals surface area contributed by atoms with E-state index >= 15 is 0 Å². The maximum absolute atomic E-state index is 12.2. The Hall–Kier alpha value is -2.67. The Kier molecular flexibility index (Phi) is 3.78. The molecule has 2 heterocycles. The Morgan fingerprint density at radius 1 is 1.33 bits per heavy atom. The van der Waals surface area contributed by atoms with E-state index in [-0.39, 0.29) is 18.2 Å². The van der Waals surface area contributed by atoms with Crippen molar-refractivity contribution >= 4 is 33.8 Å². The van der Waals surface area contributed by atoms with Crippen LogP contribution in [0.4, 0.5) is 5.69 Å². The van der Waals surface area contributed by atoms with Crippen molar-refractivity contribution in [3.8, 4) is 0 Å². The van der Waals surface area contributed by atoms with Crippen LogP contribution in [0.25, 0.3) is 4.96 Å². The molecule has 0 radical (unpaired) electrons. The molecule has 1 aromatic carbocycles. The fourth-order valence-corrected chi connectivity index (χ4v) is 3.18. The third-order valence-corrected chi connectivity index (χ3v) is 4.58. The highest BCUT2D eigenvalue weighted by Crippen LogP contribution is 2.20. The lowest BCUT2D eigenvalue weighted by Crippen LogP contribution is -2.25. The average molecular weight is 340 g/mol. The summed E-state index contributed by atoms with van der Waals surface area (Å²) in [6.45, 7) is 0. The lowest BCUT2D eigenvalue weighted by molar-refractivity contribution is -0.115. The number of nitrogens with one attached hydrogen (secondary N) is 2. The van der Waals surface area contributed by atoms with Crippen LogP contribution in [0.2, 0.25) is 0 Å². The van der Waals surface area contributed by atoms with Crippen LogP contribution in [-0.2, 0) is 11.2 Å². The second-order valence-corrected chi connectivity index (χ2v) is 6.75. The number of hydrogen-bond acceptors (Lipinski definition) is 4. The first kappa shape index (κ1) is 14.9. The number of imidazole rings is 1. The van der Waals surface area contributed by atoms with Crippen LogP contribution in [0, 0.1) is 0 Å². The summed E-state index contributed by atoms with van der Waals surface area (Å²) in [5, 5.41) is 7.71. The molecule has 6 nitrogen and oxygen atoms in total. The number of amides is 2. The van der Waals surface area contributed by atoms with Gasteiger partial charge in [-0.15, -0.1) is 11.3 Å². The molecule has 2 amide bonds. The molecule has 1 aliphatic carbocycles. The van der Waals surface area contributed by atoms with E-state index in [1.807, 2.05) is 22.2 Å². The lowest BCUT2D eigenvalue weighted by Gasteiger charge is -2.07. The number of rotatable bonds is 5. The number of anilines is 1. The van der Waals surface area contributed by atoms with E-state index in [4.69, 9.17) is 0 Å². The first-order chi connectivity index (χ1) is 11.7. The molecule has 0 aliphatic heterocycles. The van der Waals surface area contributed by atoms with Gasteiger partial charge in [-0.3, -0.25) is 14.0 Å². The first-order valence-electron chi connectivity index (χ1n) is 7.79. The van der Waals surface area contributed by atoms with Crippen LogP contribution in [0.5, 0.6) is 0 Å². The standard InChI is InChI=1S/C17H16N4O2S/c22-15(9-14-10-21-6-7-24-17(21)20-14)18-13-3-1-2-11(8-13)16(23)19-12-4-5-12/h1-3,6-8,10,12H,4-5,9H2,(H,18,22)(H,19,23). The van der Waals surface area contributed by atoms with Gasteiger partial charge < -0.3 is 10.6 Å². The predicted molar refractivity (Wildman–Crippen MR) is 92.3 cm³/mol. The van der Waals surface area contributed by atoms with Crippen LogP contribution in [0.1, 0.15) is 28.9 Å². The summed E-state index contributed by atoms with van der Waals surface area (Å²) in [4.78, 5) is 29.5. The number of aromatic nitrogens is 2. The third-order valence-electron chi connectivity index (χ3n) is 3.81. The second kappa shape index (κ2) is 6.09. The molecular formula is C17H16N4O2S. The predicted octanol–water partition coefficient (Wildman–Crippen LogP) is 2.47. The Bertz CT molecular complexity index is 882. The molecule has 1 saturated carbocycles. The normalized spacial score (nSPS) is 13.8. The number of hydrogen-bond donors (Lipinski definition) is 2. The van der Waals surface area contributed by atoms with Gasteiger partial charge in [-0.1, -0.05) is 6.07 Å². The summed E-state index contributed by atoms with van der Waals surface area (Å²) in [6, 6.07) is 7.30. The van der Waals surface area contributed by atoms with Crippen molar-refractivity contribution in [1.29, 1.82) is 0 Å². The van der Waals surface area contributed by atoms with Crippen molar-refractivity contribution in [3.05, 3.63) is 53.3 Å². The number of nitrogens with zero attached hydrogens (tertiary/aromatic N) is 2. The van der Waals surface area contributed by atoms with Gasteiger partial charge >= 0.3 is 0 Å². The zero-order valence-electron chi connectivity index (χ0n) is 12.9. The summed E-state index contributed by atoms with van der Waals surface area (Å²) in [5.41, 5.74) is 1.90.